The molecule has 0 fully saturated rings. The molecule has 18 heavy (non-hydrogen) atoms. The Morgan fingerprint density at radius 2 is 1.89 bits per heavy atom. The van der Waals surface area contributed by atoms with Crippen LogP contribution >= 0.6 is 0 Å². The lowest BCUT2D eigenvalue weighted by Gasteiger charge is -2.18. The molecule has 0 aliphatic carbocycles. The molecule has 0 amide bonds. The van der Waals surface area contributed by atoms with E-state index in [0.717, 1.165) is 31.0 Å². The van der Waals surface area contributed by atoms with Crippen LogP contribution in [-0.4, -0.2) is 26.3 Å². The zero-order chi connectivity index (χ0) is 12.6. The van der Waals surface area contributed by atoms with Gasteiger partial charge in [-0.3, -0.25) is 0 Å². The first-order valence-electron chi connectivity index (χ1n) is 6.99. The van der Waals surface area contributed by atoms with Crippen molar-refractivity contribution >= 4 is 0 Å². The second-order valence-electron chi connectivity index (χ2n) is 4.69. The Morgan fingerprint density at radius 1 is 1.06 bits per heavy atom. The molecule has 1 aromatic rings. The Labute approximate surface area is 109 Å². The fourth-order valence-corrected chi connectivity index (χ4v) is 2.10. The summed E-state index contributed by atoms with van der Waals surface area (Å²) in [5.74, 6) is 1.77. The molecule has 0 saturated heterocycles. The molecule has 0 saturated carbocycles. The smallest absolute Gasteiger partial charge is 0.161 e. The molecule has 0 spiro atoms. The molecule has 0 unspecified atom stereocenters. The molecule has 1 aliphatic heterocycles. The second-order valence-corrected chi connectivity index (χ2v) is 4.69. The summed E-state index contributed by atoms with van der Waals surface area (Å²) < 4.78 is 11.1. The predicted octanol–water partition coefficient (Wildman–Crippen LogP) is 2.78. The van der Waals surface area contributed by atoms with Crippen molar-refractivity contribution in [3.05, 3.63) is 23.8 Å². The standard InChI is InChI=1S/C15H23NO2/c1-2-3-4-8-16-9-7-13-5-6-14-15(12-13)18-11-10-17-14/h5-6,12,16H,2-4,7-11H2,1H3. The van der Waals surface area contributed by atoms with Gasteiger partial charge in [0.25, 0.3) is 0 Å². The monoisotopic (exact) mass is 249 g/mol. The van der Waals surface area contributed by atoms with Crippen molar-refractivity contribution < 1.29 is 9.47 Å². The predicted molar refractivity (Wildman–Crippen MR) is 73.5 cm³/mol. The van der Waals surface area contributed by atoms with Gasteiger partial charge < -0.3 is 14.8 Å². The van der Waals surface area contributed by atoms with Crippen molar-refractivity contribution in [3.63, 3.8) is 0 Å². The molecule has 3 nitrogen and oxygen atoms in total. The third-order valence-electron chi connectivity index (χ3n) is 3.15. The van der Waals surface area contributed by atoms with Gasteiger partial charge in [-0.25, -0.2) is 0 Å². The Hall–Kier alpha value is -1.22. The quantitative estimate of drug-likeness (QED) is 0.754. The average Bonchev–Trinajstić information content (AvgIpc) is 2.42. The van der Waals surface area contributed by atoms with E-state index < -0.39 is 0 Å². The topological polar surface area (TPSA) is 30.5 Å². The molecular formula is C15H23NO2. The molecule has 0 aromatic heterocycles. The van der Waals surface area contributed by atoms with Gasteiger partial charge in [0.15, 0.2) is 11.5 Å². The van der Waals surface area contributed by atoms with Crippen LogP contribution in [0.25, 0.3) is 0 Å². The molecule has 3 heteroatoms. The molecule has 2 rings (SSSR count). The van der Waals surface area contributed by atoms with Gasteiger partial charge in [-0.15, -0.1) is 0 Å². The minimum Gasteiger partial charge on any atom is -0.486 e. The van der Waals surface area contributed by atoms with Gasteiger partial charge in [-0.05, 0) is 43.6 Å². The minimum absolute atomic E-state index is 0.658. The number of hydrogen-bond donors (Lipinski definition) is 1. The number of benzene rings is 1. The molecular weight excluding hydrogens is 226 g/mol. The van der Waals surface area contributed by atoms with E-state index in [1.165, 1.54) is 24.8 Å². The SMILES string of the molecule is CCCCCNCCc1ccc2c(c1)OCCO2. The van der Waals surface area contributed by atoms with Gasteiger partial charge in [0.2, 0.25) is 0 Å². The normalized spacial score (nSPS) is 13.6. The molecule has 1 heterocycles. The zero-order valence-electron chi connectivity index (χ0n) is 11.2. The summed E-state index contributed by atoms with van der Waals surface area (Å²) in [4.78, 5) is 0. The van der Waals surface area contributed by atoms with E-state index in [9.17, 15) is 0 Å². The van der Waals surface area contributed by atoms with Crippen LogP contribution in [0.15, 0.2) is 18.2 Å². The first-order valence-corrected chi connectivity index (χ1v) is 6.99. The zero-order valence-corrected chi connectivity index (χ0v) is 11.2. The van der Waals surface area contributed by atoms with Crippen molar-refractivity contribution in [1.29, 1.82) is 0 Å². The third-order valence-corrected chi connectivity index (χ3v) is 3.15. The fraction of sp³-hybridized carbons (Fsp3) is 0.600. The van der Waals surface area contributed by atoms with Gasteiger partial charge in [-0.2, -0.15) is 0 Å². The highest BCUT2D eigenvalue weighted by molar-refractivity contribution is 5.43. The molecule has 1 aliphatic rings. The van der Waals surface area contributed by atoms with Crippen LogP contribution < -0.4 is 14.8 Å². The second kappa shape index (κ2) is 7.27. The fourth-order valence-electron chi connectivity index (χ4n) is 2.10. The number of nitrogens with one attached hydrogen (secondary N) is 1. The van der Waals surface area contributed by atoms with Gasteiger partial charge in [0.1, 0.15) is 13.2 Å². The van der Waals surface area contributed by atoms with E-state index in [2.05, 4.69) is 24.4 Å². The first-order chi connectivity index (χ1) is 8.90. The Balaban J connectivity index is 1.72. The van der Waals surface area contributed by atoms with E-state index in [4.69, 9.17) is 9.47 Å². The maximum absolute atomic E-state index is 5.58. The summed E-state index contributed by atoms with van der Waals surface area (Å²) in [5, 5.41) is 3.48. The lowest BCUT2D eigenvalue weighted by molar-refractivity contribution is 0.171. The van der Waals surface area contributed by atoms with Crippen LogP contribution in [0, 0.1) is 0 Å². The van der Waals surface area contributed by atoms with Crippen LogP contribution in [0.4, 0.5) is 0 Å². The average molecular weight is 249 g/mol. The van der Waals surface area contributed by atoms with E-state index in [-0.39, 0.29) is 0 Å². The Morgan fingerprint density at radius 3 is 2.72 bits per heavy atom. The number of unbranched alkanes of at least 4 members (excludes halogenated alkanes) is 2. The third kappa shape index (κ3) is 3.91. The largest absolute Gasteiger partial charge is 0.486 e. The summed E-state index contributed by atoms with van der Waals surface area (Å²) in [5.41, 5.74) is 1.31. The Bertz CT molecular complexity index is 366. The van der Waals surface area contributed by atoms with E-state index in [1.54, 1.807) is 0 Å². The summed E-state index contributed by atoms with van der Waals surface area (Å²) in [6.07, 6.45) is 4.92. The summed E-state index contributed by atoms with van der Waals surface area (Å²) in [6, 6.07) is 6.24. The highest BCUT2D eigenvalue weighted by atomic mass is 16.6. The molecule has 0 radical (unpaired) electrons. The van der Waals surface area contributed by atoms with Crippen LogP contribution in [-0.2, 0) is 6.42 Å². The van der Waals surface area contributed by atoms with Crippen molar-refractivity contribution in [3.8, 4) is 11.5 Å². The maximum Gasteiger partial charge on any atom is 0.161 e. The van der Waals surface area contributed by atoms with Gasteiger partial charge >= 0.3 is 0 Å². The summed E-state index contributed by atoms with van der Waals surface area (Å²) in [6.45, 7) is 5.70. The van der Waals surface area contributed by atoms with Gasteiger partial charge in [0, 0.05) is 0 Å². The number of rotatable bonds is 7. The molecule has 0 bridgehead atoms. The van der Waals surface area contributed by atoms with Crippen molar-refractivity contribution in [2.75, 3.05) is 26.3 Å². The lowest BCUT2D eigenvalue weighted by atomic mass is 10.1. The van der Waals surface area contributed by atoms with Gasteiger partial charge in [0.05, 0.1) is 0 Å². The van der Waals surface area contributed by atoms with E-state index in [1.807, 2.05) is 6.07 Å². The molecule has 1 aromatic carbocycles. The first kappa shape index (κ1) is 13.2. The van der Waals surface area contributed by atoms with Crippen LogP contribution in [0.1, 0.15) is 31.7 Å². The molecule has 1 N–H and O–H groups in total. The summed E-state index contributed by atoms with van der Waals surface area (Å²) >= 11 is 0. The van der Waals surface area contributed by atoms with E-state index >= 15 is 0 Å². The highest BCUT2D eigenvalue weighted by Gasteiger charge is 2.11. The summed E-state index contributed by atoms with van der Waals surface area (Å²) in [7, 11) is 0. The van der Waals surface area contributed by atoms with E-state index in [0.29, 0.717) is 13.2 Å². The van der Waals surface area contributed by atoms with Crippen LogP contribution in [0.2, 0.25) is 0 Å². The molecule has 100 valence electrons. The lowest BCUT2D eigenvalue weighted by Crippen LogP contribution is -2.19. The van der Waals surface area contributed by atoms with Crippen molar-refractivity contribution in [2.45, 2.75) is 32.6 Å². The van der Waals surface area contributed by atoms with Crippen molar-refractivity contribution in [1.82, 2.24) is 5.32 Å². The number of ether oxygens (including phenoxy) is 2. The van der Waals surface area contributed by atoms with Crippen LogP contribution in [0.5, 0.6) is 11.5 Å². The van der Waals surface area contributed by atoms with Crippen molar-refractivity contribution in [2.24, 2.45) is 0 Å². The highest BCUT2D eigenvalue weighted by Crippen LogP contribution is 2.30. The Kier molecular flexibility index (Phi) is 5.34. The number of fused-ring (bicyclic) bond motifs is 1. The minimum atomic E-state index is 0.658. The maximum atomic E-state index is 5.58. The molecule has 0 atom stereocenters. The number of hydrogen-bond acceptors (Lipinski definition) is 3. The van der Waals surface area contributed by atoms with Crippen LogP contribution in [0.3, 0.4) is 0 Å². The van der Waals surface area contributed by atoms with Gasteiger partial charge in [-0.1, -0.05) is 25.8 Å².